The van der Waals surface area contributed by atoms with Crippen LogP contribution in [0.15, 0.2) is 49.1 Å². The normalized spacial score (nSPS) is 15.6. The van der Waals surface area contributed by atoms with Gasteiger partial charge in [-0.05, 0) is 76.8 Å². The molecular formula is C28H33FN5O2S+. The summed E-state index contributed by atoms with van der Waals surface area (Å²) in [6, 6.07) is 7.20. The Morgan fingerprint density at radius 3 is 2.68 bits per heavy atom. The average molecular weight is 523 g/mol. The molecule has 1 saturated carbocycles. The number of nitrogens with zero attached hydrogens (tertiary/aromatic N) is 4. The number of hydrogen-bond donors (Lipinski definition) is 1. The molecule has 4 aromatic rings. The zero-order chi connectivity index (χ0) is 26.5. The summed E-state index contributed by atoms with van der Waals surface area (Å²) in [4.78, 5) is 17.1. The van der Waals surface area contributed by atoms with E-state index in [0.29, 0.717) is 0 Å². The molecule has 2 unspecified atom stereocenters. The van der Waals surface area contributed by atoms with Crippen molar-refractivity contribution in [1.82, 2.24) is 24.5 Å². The summed E-state index contributed by atoms with van der Waals surface area (Å²) in [7, 11) is 0. The SMILES string of the molecule is Cc1cc(F)c(C(=O)NC2CC2)cc1-c1cnn(-c2cnc3ccc(C(C)O[S+](C)C(C)(C)C)cn23)c1. The van der Waals surface area contributed by atoms with Crippen molar-refractivity contribution in [2.75, 3.05) is 6.26 Å². The number of benzene rings is 1. The minimum absolute atomic E-state index is 0.0545. The second-order valence-corrected chi connectivity index (χ2v) is 13.0. The molecule has 7 nitrogen and oxygen atoms in total. The third-order valence-electron chi connectivity index (χ3n) is 6.73. The highest BCUT2D eigenvalue weighted by molar-refractivity contribution is 7.93. The van der Waals surface area contributed by atoms with E-state index >= 15 is 0 Å². The Hall–Kier alpha value is -3.17. The van der Waals surface area contributed by atoms with Crippen LogP contribution in [0.1, 0.15) is 68.1 Å². The van der Waals surface area contributed by atoms with Crippen LogP contribution in [0, 0.1) is 12.7 Å². The van der Waals surface area contributed by atoms with Gasteiger partial charge in [0.05, 0.1) is 18.0 Å². The monoisotopic (exact) mass is 522 g/mol. The van der Waals surface area contributed by atoms with Crippen LogP contribution >= 0.6 is 0 Å². The number of aryl methyl sites for hydroxylation is 1. The summed E-state index contributed by atoms with van der Waals surface area (Å²) < 4.78 is 24.7. The molecule has 1 N–H and O–H groups in total. The molecule has 1 amide bonds. The Morgan fingerprint density at radius 2 is 1.97 bits per heavy atom. The van der Waals surface area contributed by atoms with Gasteiger partial charge in [0.15, 0.2) is 10.6 Å². The fraction of sp³-hybridized carbons (Fsp3) is 0.393. The summed E-state index contributed by atoms with van der Waals surface area (Å²) >= 11 is -0.208. The summed E-state index contributed by atoms with van der Waals surface area (Å²) in [6.07, 6.45) is 11.3. The van der Waals surface area contributed by atoms with E-state index in [1.165, 1.54) is 6.07 Å². The van der Waals surface area contributed by atoms with Crippen LogP contribution in [-0.4, -0.2) is 42.1 Å². The number of pyridine rings is 1. The van der Waals surface area contributed by atoms with E-state index in [-0.39, 0.29) is 39.5 Å². The largest absolute Gasteiger partial charge is 0.349 e. The molecular weight excluding hydrogens is 489 g/mol. The Kier molecular flexibility index (Phi) is 6.62. The van der Waals surface area contributed by atoms with Gasteiger partial charge in [0.25, 0.3) is 5.91 Å². The van der Waals surface area contributed by atoms with Gasteiger partial charge in [-0.15, -0.1) is 0 Å². The van der Waals surface area contributed by atoms with Gasteiger partial charge in [0, 0.05) is 29.6 Å². The Morgan fingerprint density at radius 1 is 1.22 bits per heavy atom. The molecule has 194 valence electrons. The van der Waals surface area contributed by atoms with Crippen LogP contribution < -0.4 is 5.32 Å². The molecule has 3 aromatic heterocycles. The molecule has 0 saturated heterocycles. The summed E-state index contributed by atoms with van der Waals surface area (Å²) in [5, 5.41) is 7.44. The number of halogens is 1. The topological polar surface area (TPSA) is 73.5 Å². The van der Waals surface area contributed by atoms with Crippen molar-refractivity contribution >= 4 is 22.7 Å². The van der Waals surface area contributed by atoms with Crippen molar-refractivity contribution < 1.29 is 13.4 Å². The first-order chi connectivity index (χ1) is 17.5. The predicted octanol–water partition coefficient (Wildman–Crippen LogP) is 5.57. The highest BCUT2D eigenvalue weighted by Crippen LogP contribution is 2.29. The number of carbonyl (C=O) groups excluding carboxylic acids is 1. The minimum Gasteiger partial charge on any atom is -0.349 e. The van der Waals surface area contributed by atoms with Crippen molar-refractivity contribution in [2.45, 2.75) is 64.4 Å². The molecule has 0 radical (unpaired) electrons. The molecule has 1 aromatic carbocycles. The molecule has 1 aliphatic carbocycles. The zero-order valence-corrected chi connectivity index (χ0v) is 22.9. The lowest BCUT2D eigenvalue weighted by Crippen LogP contribution is -2.29. The Balaban J connectivity index is 1.45. The maximum atomic E-state index is 14.6. The fourth-order valence-corrected chi connectivity index (χ4v) is 4.88. The molecule has 0 bridgehead atoms. The number of imidazole rings is 1. The molecule has 37 heavy (non-hydrogen) atoms. The molecule has 1 aliphatic rings. The van der Waals surface area contributed by atoms with Crippen LogP contribution in [0.4, 0.5) is 4.39 Å². The van der Waals surface area contributed by atoms with Crippen LogP contribution in [-0.2, 0) is 15.4 Å². The van der Waals surface area contributed by atoms with Gasteiger partial charge in [-0.1, -0.05) is 6.07 Å². The standard InChI is InChI=1S/C28H32FN5O2S/c1-17-11-24(29)23(27(35)32-21-8-9-21)12-22(17)20-13-31-34(16-20)26-14-30-25-10-7-19(15-33(25)26)18(2)36-37(6)28(3,4)5/h7,10-16,18,21H,8-9H2,1-6H3/p+1. The van der Waals surface area contributed by atoms with Gasteiger partial charge in [0.1, 0.15) is 35.0 Å². The number of nitrogens with one attached hydrogen (secondary N) is 1. The van der Waals surface area contributed by atoms with E-state index in [1.54, 1.807) is 23.1 Å². The van der Waals surface area contributed by atoms with Gasteiger partial charge in [0.2, 0.25) is 0 Å². The third kappa shape index (κ3) is 5.29. The first-order valence-electron chi connectivity index (χ1n) is 12.5. The van der Waals surface area contributed by atoms with E-state index in [0.717, 1.165) is 46.6 Å². The highest BCUT2D eigenvalue weighted by Gasteiger charge is 2.34. The molecule has 0 spiro atoms. The maximum Gasteiger partial charge on any atom is 0.254 e. The minimum atomic E-state index is -0.515. The van der Waals surface area contributed by atoms with Gasteiger partial charge >= 0.3 is 0 Å². The average Bonchev–Trinajstić information content (AvgIpc) is 3.34. The van der Waals surface area contributed by atoms with E-state index in [1.807, 2.05) is 35.9 Å². The molecule has 5 rings (SSSR count). The van der Waals surface area contributed by atoms with E-state index in [4.69, 9.17) is 4.18 Å². The highest BCUT2D eigenvalue weighted by atomic mass is 32.2. The first kappa shape index (κ1) is 25.5. The van der Waals surface area contributed by atoms with Gasteiger partial charge < -0.3 is 5.32 Å². The second kappa shape index (κ2) is 9.61. The van der Waals surface area contributed by atoms with Crippen molar-refractivity contribution in [2.24, 2.45) is 0 Å². The number of amides is 1. The quantitative estimate of drug-likeness (QED) is 0.322. The number of hydrogen-bond acceptors (Lipinski definition) is 4. The molecule has 9 heteroatoms. The van der Waals surface area contributed by atoms with E-state index < -0.39 is 5.82 Å². The summed E-state index contributed by atoms with van der Waals surface area (Å²) in [6.45, 7) is 10.4. The number of aromatic nitrogens is 4. The van der Waals surface area contributed by atoms with E-state index in [9.17, 15) is 9.18 Å². The van der Waals surface area contributed by atoms with Gasteiger partial charge in [-0.2, -0.15) is 9.28 Å². The van der Waals surface area contributed by atoms with Crippen molar-refractivity contribution in [3.63, 3.8) is 0 Å². The predicted molar refractivity (Wildman–Crippen MR) is 145 cm³/mol. The summed E-state index contributed by atoms with van der Waals surface area (Å²) in [5.41, 5.74) is 4.19. The third-order valence-corrected chi connectivity index (χ3v) is 9.03. The zero-order valence-electron chi connectivity index (χ0n) is 22.1. The van der Waals surface area contributed by atoms with Crippen LogP contribution in [0.25, 0.3) is 22.6 Å². The van der Waals surface area contributed by atoms with Crippen molar-refractivity contribution in [1.29, 1.82) is 0 Å². The van der Waals surface area contributed by atoms with Crippen LogP contribution in [0.3, 0.4) is 0 Å². The van der Waals surface area contributed by atoms with Crippen molar-refractivity contribution in [3.8, 4) is 16.9 Å². The molecule has 1 fully saturated rings. The van der Waals surface area contributed by atoms with Crippen LogP contribution in [0.5, 0.6) is 0 Å². The summed E-state index contributed by atoms with van der Waals surface area (Å²) in [5.74, 6) is -0.118. The lowest BCUT2D eigenvalue weighted by Gasteiger charge is -2.19. The van der Waals surface area contributed by atoms with Crippen LogP contribution in [0.2, 0.25) is 0 Å². The number of rotatable bonds is 7. The van der Waals surface area contributed by atoms with Gasteiger partial charge in [-0.3, -0.25) is 9.20 Å². The lowest BCUT2D eigenvalue weighted by molar-refractivity contribution is 0.0947. The number of carbonyl (C=O) groups is 1. The smallest absolute Gasteiger partial charge is 0.254 e. The lowest BCUT2D eigenvalue weighted by atomic mass is 9.99. The van der Waals surface area contributed by atoms with E-state index in [2.05, 4.69) is 49.4 Å². The Bertz CT molecular complexity index is 1470. The Labute approximate surface area is 219 Å². The molecule has 2 atom stereocenters. The first-order valence-corrected chi connectivity index (χ1v) is 14.0. The number of fused-ring (bicyclic) bond motifs is 1. The van der Waals surface area contributed by atoms with Crippen molar-refractivity contribution in [3.05, 3.63) is 71.6 Å². The fourth-order valence-electron chi connectivity index (χ4n) is 4.05. The maximum absolute atomic E-state index is 14.6. The second-order valence-electron chi connectivity index (χ2n) is 10.7. The molecule has 3 heterocycles. The van der Waals surface area contributed by atoms with Gasteiger partial charge in [-0.25, -0.2) is 14.1 Å². The molecule has 0 aliphatic heterocycles.